The lowest BCUT2D eigenvalue weighted by Gasteiger charge is -2.25. The van der Waals surface area contributed by atoms with E-state index < -0.39 is 11.1 Å². The standard InChI is InChI=1S/C27H23FN4O2S/c1-18-8-12-21(13-9-18)31(17-5-16-29)25(33)19(2)35-27-30-24-7-4-3-6-23(24)26(34)32(27)22-14-10-20(28)11-15-22/h3-4,6-15,19H,5,17H2,1-2H3. The number of anilines is 1. The molecule has 0 fully saturated rings. The average Bonchev–Trinajstić information content (AvgIpc) is 2.86. The number of nitrogens with zero attached hydrogens (tertiary/aromatic N) is 4. The number of halogens is 1. The average molecular weight is 487 g/mol. The zero-order chi connectivity index (χ0) is 24.9. The van der Waals surface area contributed by atoms with Crippen LogP contribution in [0.25, 0.3) is 16.6 Å². The van der Waals surface area contributed by atoms with Crippen molar-refractivity contribution in [3.8, 4) is 11.8 Å². The fourth-order valence-electron chi connectivity index (χ4n) is 3.69. The first-order valence-electron chi connectivity index (χ1n) is 11.1. The van der Waals surface area contributed by atoms with Crippen LogP contribution in [0, 0.1) is 24.1 Å². The van der Waals surface area contributed by atoms with Gasteiger partial charge < -0.3 is 4.90 Å². The molecule has 0 spiro atoms. The van der Waals surface area contributed by atoms with Gasteiger partial charge in [0.25, 0.3) is 5.56 Å². The highest BCUT2D eigenvalue weighted by molar-refractivity contribution is 8.00. The lowest BCUT2D eigenvalue weighted by molar-refractivity contribution is -0.117. The van der Waals surface area contributed by atoms with E-state index in [1.165, 1.54) is 28.8 Å². The van der Waals surface area contributed by atoms with Gasteiger partial charge >= 0.3 is 0 Å². The van der Waals surface area contributed by atoms with Crippen molar-refractivity contribution in [3.63, 3.8) is 0 Å². The number of para-hydroxylation sites is 1. The van der Waals surface area contributed by atoms with Gasteiger partial charge in [0.15, 0.2) is 5.16 Å². The molecule has 3 aromatic carbocycles. The van der Waals surface area contributed by atoms with Crippen LogP contribution in [0.5, 0.6) is 0 Å². The van der Waals surface area contributed by atoms with Crippen molar-refractivity contribution in [1.82, 2.24) is 9.55 Å². The minimum Gasteiger partial charge on any atom is -0.310 e. The molecule has 4 aromatic rings. The van der Waals surface area contributed by atoms with Crippen molar-refractivity contribution in [2.45, 2.75) is 30.7 Å². The number of aromatic nitrogens is 2. The quantitative estimate of drug-likeness (QED) is 0.263. The summed E-state index contributed by atoms with van der Waals surface area (Å²) in [5, 5.41) is 9.24. The maximum absolute atomic E-state index is 13.6. The molecule has 0 aliphatic rings. The Bertz CT molecular complexity index is 1460. The zero-order valence-electron chi connectivity index (χ0n) is 19.3. The molecule has 1 atom stereocenters. The third kappa shape index (κ3) is 5.26. The maximum Gasteiger partial charge on any atom is 0.266 e. The number of fused-ring (bicyclic) bond motifs is 1. The zero-order valence-corrected chi connectivity index (χ0v) is 20.1. The second kappa shape index (κ2) is 10.5. The van der Waals surface area contributed by atoms with Crippen molar-refractivity contribution < 1.29 is 9.18 Å². The molecule has 35 heavy (non-hydrogen) atoms. The van der Waals surface area contributed by atoms with Gasteiger partial charge in [0.2, 0.25) is 5.91 Å². The third-order valence-corrected chi connectivity index (χ3v) is 6.56. The highest BCUT2D eigenvalue weighted by Gasteiger charge is 2.25. The van der Waals surface area contributed by atoms with Gasteiger partial charge in [0, 0.05) is 12.2 Å². The summed E-state index contributed by atoms with van der Waals surface area (Å²) < 4.78 is 15.0. The molecule has 6 nitrogen and oxygen atoms in total. The van der Waals surface area contributed by atoms with Gasteiger partial charge in [0.05, 0.1) is 34.3 Å². The first kappa shape index (κ1) is 24.2. The number of hydrogen-bond donors (Lipinski definition) is 0. The monoisotopic (exact) mass is 486 g/mol. The van der Waals surface area contributed by atoms with Gasteiger partial charge in [-0.25, -0.2) is 9.37 Å². The highest BCUT2D eigenvalue weighted by Crippen LogP contribution is 2.28. The number of rotatable bonds is 7. The molecule has 1 heterocycles. The van der Waals surface area contributed by atoms with Crippen LogP contribution in [0.15, 0.2) is 82.7 Å². The van der Waals surface area contributed by atoms with Crippen molar-refractivity contribution in [2.24, 2.45) is 0 Å². The Balaban J connectivity index is 1.74. The van der Waals surface area contributed by atoms with E-state index in [9.17, 15) is 14.0 Å². The number of nitriles is 1. The van der Waals surface area contributed by atoms with E-state index in [0.29, 0.717) is 27.4 Å². The summed E-state index contributed by atoms with van der Waals surface area (Å²) in [6, 6.07) is 22.2. The van der Waals surface area contributed by atoms with Gasteiger partial charge in [-0.2, -0.15) is 5.26 Å². The summed E-state index contributed by atoms with van der Waals surface area (Å²) in [5.74, 6) is -0.623. The predicted molar refractivity (Wildman–Crippen MR) is 136 cm³/mol. The number of thioether (sulfide) groups is 1. The van der Waals surface area contributed by atoms with E-state index in [4.69, 9.17) is 5.26 Å². The van der Waals surface area contributed by atoms with Crippen LogP contribution >= 0.6 is 11.8 Å². The summed E-state index contributed by atoms with van der Waals surface area (Å²) in [7, 11) is 0. The van der Waals surface area contributed by atoms with E-state index in [2.05, 4.69) is 11.1 Å². The number of carbonyl (C=O) groups is 1. The van der Waals surface area contributed by atoms with Crippen molar-refractivity contribution >= 4 is 34.3 Å². The Hall–Kier alpha value is -3.96. The molecule has 4 rings (SSSR count). The highest BCUT2D eigenvalue weighted by atomic mass is 32.2. The SMILES string of the molecule is Cc1ccc(N(CCC#N)C(=O)C(C)Sc2nc3ccccc3c(=O)n2-c2ccc(F)cc2)cc1. The van der Waals surface area contributed by atoms with Crippen LogP contribution in [0.4, 0.5) is 10.1 Å². The number of benzene rings is 3. The molecule has 1 amide bonds. The molecule has 0 N–H and O–H groups in total. The predicted octanol–water partition coefficient (Wildman–Crippen LogP) is 5.26. The molecule has 1 aromatic heterocycles. The topological polar surface area (TPSA) is 79.0 Å². The first-order chi connectivity index (χ1) is 16.9. The third-order valence-electron chi connectivity index (χ3n) is 5.52. The lowest BCUT2D eigenvalue weighted by atomic mass is 10.2. The Kier molecular flexibility index (Phi) is 7.28. The molecule has 176 valence electrons. The van der Waals surface area contributed by atoms with E-state index >= 15 is 0 Å². The molecule has 0 aliphatic heterocycles. The van der Waals surface area contributed by atoms with E-state index in [1.807, 2.05) is 31.2 Å². The summed E-state index contributed by atoms with van der Waals surface area (Å²) in [6.07, 6.45) is 0.186. The molecular formula is C27H23FN4O2S. The van der Waals surface area contributed by atoms with E-state index in [-0.39, 0.29) is 24.4 Å². The van der Waals surface area contributed by atoms with E-state index in [1.54, 1.807) is 36.1 Å². The fourth-order valence-corrected chi connectivity index (χ4v) is 4.68. The van der Waals surface area contributed by atoms with Crippen LogP contribution in [0.2, 0.25) is 0 Å². The van der Waals surface area contributed by atoms with Crippen LogP contribution in [-0.2, 0) is 4.79 Å². The number of aryl methyl sites for hydroxylation is 1. The van der Waals surface area contributed by atoms with Crippen LogP contribution in [-0.4, -0.2) is 27.3 Å². The van der Waals surface area contributed by atoms with Crippen molar-refractivity contribution in [3.05, 3.63) is 94.5 Å². The molecule has 8 heteroatoms. The lowest BCUT2D eigenvalue weighted by Crippen LogP contribution is -2.37. The Labute approximate surface area is 206 Å². The summed E-state index contributed by atoms with van der Waals surface area (Å²) >= 11 is 1.15. The second-order valence-electron chi connectivity index (χ2n) is 8.02. The van der Waals surface area contributed by atoms with Crippen molar-refractivity contribution in [1.29, 1.82) is 5.26 Å². The fraction of sp³-hybridized carbons (Fsp3) is 0.185. The van der Waals surface area contributed by atoms with Crippen molar-refractivity contribution in [2.75, 3.05) is 11.4 Å². The van der Waals surface area contributed by atoms with Crippen LogP contribution in [0.1, 0.15) is 18.9 Å². The Morgan fingerprint density at radius 2 is 1.80 bits per heavy atom. The molecule has 0 saturated carbocycles. The Morgan fingerprint density at radius 3 is 2.49 bits per heavy atom. The first-order valence-corrected chi connectivity index (χ1v) is 12.0. The van der Waals surface area contributed by atoms with Gasteiger partial charge in [-0.3, -0.25) is 14.2 Å². The molecule has 0 aliphatic carbocycles. The minimum absolute atomic E-state index is 0.186. The molecule has 1 unspecified atom stereocenters. The van der Waals surface area contributed by atoms with Gasteiger partial charge in [-0.15, -0.1) is 0 Å². The van der Waals surface area contributed by atoms with E-state index in [0.717, 1.165) is 17.3 Å². The number of amides is 1. The summed E-state index contributed by atoms with van der Waals surface area (Å²) in [5.41, 5.74) is 2.43. The molecule has 0 radical (unpaired) electrons. The smallest absolute Gasteiger partial charge is 0.266 e. The molecular weight excluding hydrogens is 463 g/mol. The largest absolute Gasteiger partial charge is 0.310 e. The van der Waals surface area contributed by atoms with Gasteiger partial charge in [-0.05, 0) is 62.4 Å². The summed E-state index contributed by atoms with van der Waals surface area (Å²) in [6.45, 7) is 3.96. The maximum atomic E-state index is 13.6. The van der Waals surface area contributed by atoms with Crippen LogP contribution < -0.4 is 10.5 Å². The molecule has 0 bridgehead atoms. The van der Waals surface area contributed by atoms with Crippen LogP contribution in [0.3, 0.4) is 0 Å². The molecule has 0 saturated heterocycles. The normalized spacial score (nSPS) is 11.7. The van der Waals surface area contributed by atoms with Gasteiger partial charge in [0.1, 0.15) is 5.82 Å². The van der Waals surface area contributed by atoms with Gasteiger partial charge in [-0.1, -0.05) is 41.6 Å². The summed E-state index contributed by atoms with van der Waals surface area (Å²) in [4.78, 5) is 33.2. The second-order valence-corrected chi connectivity index (χ2v) is 9.33. The minimum atomic E-state index is -0.616. The number of carbonyl (C=O) groups excluding carboxylic acids is 1. The number of hydrogen-bond acceptors (Lipinski definition) is 5. The Morgan fingerprint density at radius 1 is 1.11 bits per heavy atom.